The molecule has 1 aliphatic carbocycles. The number of hydrogen-bond acceptors (Lipinski definition) is 4. The molecule has 1 aromatic rings. The van der Waals surface area contributed by atoms with Crippen molar-refractivity contribution in [3.05, 3.63) is 5.82 Å². The summed E-state index contributed by atoms with van der Waals surface area (Å²) in [5, 5.41) is 7.58. The van der Waals surface area contributed by atoms with Crippen LogP contribution >= 0.6 is 0 Å². The van der Waals surface area contributed by atoms with E-state index in [1.807, 2.05) is 0 Å². The summed E-state index contributed by atoms with van der Waals surface area (Å²) < 4.78 is 0. The van der Waals surface area contributed by atoms with Crippen LogP contribution in [-0.4, -0.2) is 34.3 Å². The molecule has 2 aliphatic rings. The minimum atomic E-state index is 0.222. The average molecular weight is 277 g/mol. The van der Waals surface area contributed by atoms with Crippen molar-refractivity contribution in [1.29, 1.82) is 0 Å². The molecule has 5 nitrogen and oxygen atoms in total. The van der Waals surface area contributed by atoms with Crippen molar-refractivity contribution in [3.63, 3.8) is 0 Å². The molecule has 2 heterocycles. The highest BCUT2D eigenvalue weighted by Gasteiger charge is 2.66. The Morgan fingerprint density at radius 3 is 2.45 bits per heavy atom. The third-order valence-corrected chi connectivity index (χ3v) is 6.08. The molecule has 1 saturated heterocycles. The van der Waals surface area contributed by atoms with Crippen molar-refractivity contribution in [2.24, 2.45) is 22.5 Å². The van der Waals surface area contributed by atoms with Crippen LogP contribution in [0.15, 0.2) is 0 Å². The van der Waals surface area contributed by atoms with Gasteiger partial charge < -0.3 is 10.6 Å². The fourth-order valence-corrected chi connectivity index (χ4v) is 3.70. The number of nitrogens with one attached hydrogen (secondary N) is 1. The minimum Gasteiger partial charge on any atom is -0.338 e. The summed E-state index contributed by atoms with van der Waals surface area (Å²) in [5.74, 6) is 2.91. The standard InChI is InChI=1S/C15H27N5/c1-9-6-7-20(8-10(9)16)13-17-12(18-19-13)11-14(2,3)15(11,4)5/h9-11H,6-8,16H2,1-5H3,(H,17,18,19). The molecular formula is C15H27N5. The maximum atomic E-state index is 6.16. The van der Waals surface area contributed by atoms with Crippen LogP contribution in [0.1, 0.15) is 52.8 Å². The normalized spacial score (nSPS) is 32.4. The van der Waals surface area contributed by atoms with E-state index in [9.17, 15) is 0 Å². The molecule has 3 rings (SSSR count). The molecule has 0 aromatic carbocycles. The minimum absolute atomic E-state index is 0.222. The number of piperidine rings is 1. The van der Waals surface area contributed by atoms with Gasteiger partial charge in [-0.1, -0.05) is 34.6 Å². The van der Waals surface area contributed by atoms with E-state index in [2.05, 4.69) is 49.7 Å². The van der Waals surface area contributed by atoms with Crippen LogP contribution in [0.4, 0.5) is 5.95 Å². The summed E-state index contributed by atoms with van der Waals surface area (Å²) in [6.07, 6.45) is 1.12. The summed E-state index contributed by atoms with van der Waals surface area (Å²) in [6.45, 7) is 13.3. The summed E-state index contributed by atoms with van der Waals surface area (Å²) in [4.78, 5) is 6.97. The van der Waals surface area contributed by atoms with E-state index in [1.165, 1.54) is 0 Å². The maximum absolute atomic E-state index is 6.16. The molecule has 20 heavy (non-hydrogen) atoms. The third kappa shape index (κ3) is 1.86. The first-order valence-corrected chi connectivity index (χ1v) is 7.68. The van der Waals surface area contributed by atoms with Crippen molar-refractivity contribution in [2.75, 3.05) is 18.0 Å². The fourth-order valence-electron chi connectivity index (χ4n) is 3.70. The van der Waals surface area contributed by atoms with Gasteiger partial charge in [-0.3, -0.25) is 5.10 Å². The van der Waals surface area contributed by atoms with Crippen LogP contribution in [0.5, 0.6) is 0 Å². The monoisotopic (exact) mass is 277 g/mol. The Labute approximate surface area is 121 Å². The lowest BCUT2D eigenvalue weighted by molar-refractivity contribution is 0.376. The quantitative estimate of drug-likeness (QED) is 0.868. The Hall–Kier alpha value is -1.10. The second-order valence-corrected chi connectivity index (χ2v) is 7.77. The Morgan fingerprint density at radius 1 is 1.25 bits per heavy atom. The summed E-state index contributed by atoms with van der Waals surface area (Å²) >= 11 is 0. The van der Waals surface area contributed by atoms with Crippen molar-refractivity contribution < 1.29 is 0 Å². The van der Waals surface area contributed by atoms with Crippen molar-refractivity contribution in [2.45, 2.75) is 53.0 Å². The molecule has 0 amide bonds. The Balaban J connectivity index is 1.76. The first-order valence-electron chi connectivity index (χ1n) is 7.68. The van der Waals surface area contributed by atoms with Crippen molar-refractivity contribution in [1.82, 2.24) is 15.2 Å². The van der Waals surface area contributed by atoms with Crippen LogP contribution < -0.4 is 10.6 Å². The molecule has 2 fully saturated rings. The molecular weight excluding hydrogens is 250 g/mol. The first-order chi connectivity index (χ1) is 9.25. The van der Waals surface area contributed by atoms with Gasteiger partial charge in [-0.2, -0.15) is 4.98 Å². The largest absolute Gasteiger partial charge is 0.338 e. The zero-order valence-corrected chi connectivity index (χ0v) is 13.3. The van der Waals surface area contributed by atoms with Crippen LogP contribution in [0.3, 0.4) is 0 Å². The van der Waals surface area contributed by atoms with E-state index in [0.29, 0.717) is 11.8 Å². The highest BCUT2D eigenvalue weighted by atomic mass is 15.4. The van der Waals surface area contributed by atoms with Gasteiger partial charge in [0.25, 0.3) is 0 Å². The van der Waals surface area contributed by atoms with Gasteiger partial charge in [0.2, 0.25) is 5.95 Å². The average Bonchev–Trinajstić information content (AvgIpc) is 2.71. The number of aromatic amines is 1. The Morgan fingerprint density at radius 2 is 1.90 bits per heavy atom. The summed E-state index contributed by atoms with van der Waals surface area (Å²) in [6, 6.07) is 0.222. The topological polar surface area (TPSA) is 70.8 Å². The molecule has 5 heteroatoms. The van der Waals surface area contributed by atoms with Gasteiger partial charge in [0.05, 0.1) is 0 Å². The van der Waals surface area contributed by atoms with Crippen molar-refractivity contribution in [3.8, 4) is 0 Å². The van der Waals surface area contributed by atoms with Crippen LogP contribution in [0.25, 0.3) is 0 Å². The van der Waals surface area contributed by atoms with E-state index in [4.69, 9.17) is 10.7 Å². The van der Waals surface area contributed by atoms with E-state index in [1.54, 1.807) is 0 Å². The van der Waals surface area contributed by atoms with E-state index >= 15 is 0 Å². The molecule has 112 valence electrons. The number of H-pyrrole nitrogens is 1. The Bertz CT molecular complexity index is 490. The molecule has 1 aromatic heterocycles. The molecule has 2 unspecified atom stereocenters. The van der Waals surface area contributed by atoms with Gasteiger partial charge in [-0.25, -0.2) is 0 Å². The zero-order chi connectivity index (χ0) is 14.7. The second kappa shape index (κ2) is 4.20. The van der Waals surface area contributed by atoms with E-state index in [0.717, 1.165) is 31.3 Å². The van der Waals surface area contributed by atoms with Gasteiger partial charge in [0.15, 0.2) is 0 Å². The van der Waals surface area contributed by atoms with Crippen LogP contribution in [0.2, 0.25) is 0 Å². The molecule has 0 radical (unpaired) electrons. The lowest BCUT2D eigenvalue weighted by Gasteiger charge is -2.34. The maximum Gasteiger partial charge on any atom is 0.244 e. The van der Waals surface area contributed by atoms with Crippen LogP contribution in [-0.2, 0) is 0 Å². The molecule has 2 atom stereocenters. The van der Waals surface area contributed by atoms with Gasteiger partial charge >= 0.3 is 0 Å². The van der Waals surface area contributed by atoms with Gasteiger partial charge in [-0.05, 0) is 23.2 Å². The summed E-state index contributed by atoms with van der Waals surface area (Å²) in [7, 11) is 0. The number of nitrogens with zero attached hydrogens (tertiary/aromatic N) is 3. The molecule has 0 spiro atoms. The first kappa shape index (κ1) is 13.9. The number of anilines is 1. The van der Waals surface area contributed by atoms with Crippen LogP contribution in [0, 0.1) is 16.7 Å². The third-order valence-electron chi connectivity index (χ3n) is 6.08. The lowest BCUT2D eigenvalue weighted by atomic mass is 9.95. The fraction of sp³-hybridized carbons (Fsp3) is 0.867. The predicted octanol–water partition coefficient (Wildman–Crippen LogP) is 2.13. The van der Waals surface area contributed by atoms with E-state index in [-0.39, 0.29) is 16.9 Å². The Kier molecular flexibility index (Phi) is 2.91. The molecule has 1 aliphatic heterocycles. The highest BCUT2D eigenvalue weighted by Crippen LogP contribution is 2.72. The van der Waals surface area contributed by atoms with Gasteiger partial charge in [-0.15, -0.1) is 5.10 Å². The SMILES string of the molecule is CC1CCN(c2n[nH]c(C3C(C)(C)C3(C)C)n2)CC1N. The summed E-state index contributed by atoms with van der Waals surface area (Å²) in [5.41, 5.74) is 6.74. The molecule has 1 saturated carbocycles. The number of nitrogens with two attached hydrogens (primary N) is 1. The van der Waals surface area contributed by atoms with Crippen molar-refractivity contribution >= 4 is 5.95 Å². The number of aromatic nitrogens is 3. The van der Waals surface area contributed by atoms with Gasteiger partial charge in [0.1, 0.15) is 5.82 Å². The molecule has 3 N–H and O–H groups in total. The lowest BCUT2D eigenvalue weighted by Crippen LogP contribution is -2.48. The smallest absolute Gasteiger partial charge is 0.244 e. The predicted molar refractivity (Wildman–Crippen MR) is 80.7 cm³/mol. The molecule has 0 bridgehead atoms. The number of hydrogen-bond donors (Lipinski definition) is 2. The van der Waals surface area contributed by atoms with Gasteiger partial charge in [0, 0.05) is 25.0 Å². The highest BCUT2D eigenvalue weighted by molar-refractivity contribution is 5.34. The second-order valence-electron chi connectivity index (χ2n) is 7.77. The zero-order valence-electron chi connectivity index (χ0n) is 13.3. The van der Waals surface area contributed by atoms with E-state index < -0.39 is 0 Å². The number of rotatable bonds is 2.